The normalized spacial score (nSPS) is 12.6. The number of H-pyrrole nitrogens is 1. The molecule has 5 heteroatoms. The molecule has 2 rings (SSSR count). The molecule has 0 radical (unpaired) electrons. The van der Waals surface area contributed by atoms with E-state index in [1.807, 2.05) is 30.3 Å². The zero-order valence-corrected chi connectivity index (χ0v) is 9.05. The predicted octanol–water partition coefficient (Wildman–Crippen LogP) is 0.999. The van der Waals surface area contributed by atoms with Crippen molar-refractivity contribution in [2.45, 2.75) is 12.6 Å². The maximum atomic E-state index is 6.04. The van der Waals surface area contributed by atoms with Gasteiger partial charge in [-0.2, -0.15) is 5.10 Å². The smallest absolute Gasteiger partial charge is 0.171 e. The Kier molecular flexibility index (Phi) is 3.28. The highest BCUT2D eigenvalue weighted by Crippen LogP contribution is 2.15. The van der Waals surface area contributed by atoms with Crippen LogP contribution in [-0.2, 0) is 11.3 Å². The quantitative estimate of drug-likeness (QED) is 0.802. The van der Waals surface area contributed by atoms with Crippen LogP contribution in [0.15, 0.2) is 30.3 Å². The Morgan fingerprint density at radius 1 is 1.38 bits per heavy atom. The standard InChI is InChI=1S/C11H14N4O/c1-16-7-9-13-11(15-14-9)10(12)8-5-3-2-4-6-8/h2-6,10H,7,12H2,1H3,(H,13,14,15)/t10-/m1/s1. The molecule has 0 aliphatic rings. The van der Waals surface area contributed by atoms with Gasteiger partial charge in [-0.05, 0) is 5.56 Å². The van der Waals surface area contributed by atoms with E-state index in [1.54, 1.807) is 7.11 Å². The van der Waals surface area contributed by atoms with Gasteiger partial charge in [-0.3, -0.25) is 5.10 Å². The topological polar surface area (TPSA) is 76.8 Å². The number of hydrogen-bond acceptors (Lipinski definition) is 4. The van der Waals surface area contributed by atoms with E-state index in [1.165, 1.54) is 0 Å². The summed E-state index contributed by atoms with van der Waals surface area (Å²) in [5, 5.41) is 6.86. The lowest BCUT2D eigenvalue weighted by Gasteiger charge is -2.06. The molecule has 3 N–H and O–H groups in total. The number of benzene rings is 1. The van der Waals surface area contributed by atoms with Crippen molar-refractivity contribution in [1.29, 1.82) is 0 Å². The molecule has 1 aromatic carbocycles. The van der Waals surface area contributed by atoms with Crippen LogP contribution in [-0.4, -0.2) is 22.3 Å². The van der Waals surface area contributed by atoms with E-state index in [-0.39, 0.29) is 6.04 Å². The first-order chi connectivity index (χ1) is 7.81. The molecule has 0 spiro atoms. The Labute approximate surface area is 93.7 Å². The molecular weight excluding hydrogens is 204 g/mol. The van der Waals surface area contributed by atoms with E-state index in [9.17, 15) is 0 Å². The first kappa shape index (κ1) is 10.8. The van der Waals surface area contributed by atoms with Gasteiger partial charge in [0.05, 0.1) is 6.04 Å². The van der Waals surface area contributed by atoms with Gasteiger partial charge in [-0.15, -0.1) is 0 Å². The summed E-state index contributed by atoms with van der Waals surface area (Å²) in [6, 6.07) is 9.44. The fourth-order valence-electron chi connectivity index (χ4n) is 1.46. The Bertz CT molecular complexity index is 440. The van der Waals surface area contributed by atoms with Crippen LogP contribution in [0.3, 0.4) is 0 Å². The summed E-state index contributed by atoms with van der Waals surface area (Å²) in [5.41, 5.74) is 7.03. The van der Waals surface area contributed by atoms with Crippen molar-refractivity contribution in [3.05, 3.63) is 47.5 Å². The largest absolute Gasteiger partial charge is 0.377 e. The molecule has 1 heterocycles. The highest BCUT2D eigenvalue weighted by atomic mass is 16.5. The van der Waals surface area contributed by atoms with Crippen LogP contribution < -0.4 is 5.73 Å². The van der Waals surface area contributed by atoms with Gasteiger partial charge in [-0.1, -0.05) is 30.3 Å². The predicted molar refractivity (Wildman–Crippen MR) is 59.6 cm³/mol. The third-order valence-corrected chi connectivity index (χ3v) is 2.27. The molecule has 0 fully saturated rings. The minimum atomic E-state index is -0.303. The highest BCUT2D eigenvalue weighted by Gasteiger charge is 2.13. The molecule has 5 nitrogen and oxygen atoms in total. The SMILES string of the molecule is COCc1nc([C@H](N)c2ccccc2)n[nH]1. The third kappa shape index (κ3) is 2.26. The molecule has 0 aliphatic heterocycles. The Morgan fingerprint density at radius 3 is 2.81 bits per heavy atom. The van der Waals surface area contributed by atoms with Crippen LogP contribution in [0.25, 0.3) is 0 Å². The fraction of sp³-hybridized carbons (Fsp3) is 0.273. The van der Waals surface area contributed by atoms with Crippen molar-refractivity contribution in [2.24, 2.45) is 5.73 Å². The van der Waals surface area contributed by atoms with Crippen molar-refractivity contribution in [3.8, 4) is 0 Å². The molecule has 0 saturated heterocycles. The average molecular weight is 218 g/mol. The monoisotopic (exact) mass is 218 g/mol. The van der Waals surface area contributed by atoms with Gasteiger partial charge in [0, 0.05) is 7.11 Å². The van der Waals surface area contributed by atoms with Crippen LogP contribution in [0.2, 0.25) is 0 Å². The zero-order chi connectivity index (χ0) is 11.4. The van der Waals surface area contributed by atoms with Crippen LogP contribution in [0, 0.1) is 0 Å². The zero-order valence-electron chi connectivity index (χ0n) is 9.05. The van der Waals surface area contributed by atoms with Gasteiger partial charge in [-0.25, -0.2) is 4.98 Å². The molecule has 0 saturated carbocycles. The van der Waals surface area contributed by atoms with Crippen molar-refractivity contribution in [2.75, 3.05) is 7.11 Å². The van der Waals surface area contributed by atoms with E-state index in [2.05, 4.69) is 15.2 Å². The van der Waals surface area contributed by atoms with Gasteiger partial charge in [0.15, 0.2) is 11.6 Å². The van der Waals surface area contributed by atoms with E-state index in [4.69, 9.17) is 10.5 Å². The van der Waals surface area contributed by atoms with E-state index < -0.39 is 0 Å². The molecule has 0 aliphatic carbocycles. The summed E-state index contributed by atoms with van der Waals surface area (Å²) < 4.78 is 4.95. The molecule has 84 valence electrons. The minimum absolute atomic E-state index is 0.303. The number of rotatable bonds is 4. The van der Waals surface area contributed by atoms with Crippen molar-refractivity contribution >= 4 is 0 Å². The fourth-order valence-corrected chi connectivity index (χ4v) is 1.46. The Morgan fingerprint density at radius 2 is 2.12 bits per heavy atom. The molecule has 16 heavy (non-hydrogen) atoms. The number of nitrogens with zero attached hydrogens (tertiary/aromatic N) is 2. The van der Waals surface area contributed by atoms with Gasteiger partial charge in [0.2, 0.25) is 0 Å². The second-order valence-corrected chi connectivity index (χ2v) is 3.46. The summed E-state index contributed by atoms with van der Waals surface area (Å²) in [6.07, 6.45) is 0. The lowest BCUT2D eigenvalue weighted by molar-refractivity contribution is 0.178. The Balaban J connectivity index is 2.17. The molecule has 1 atom stereocenters. The first-order valence-electron chi connectivity index (χ1n) is 5.02. The lowest BCUT2D eigenvalue weighted by Crippen LogP contribution is -2.13. The van der Waals surface area contributed by atoms with Crippen LogP contribution >= 0.6 is 0 Å². The maximum Gasteiger partial charge on any atom is 0.171 e. The highest BCUT2D eigenvalue weighted by molar-refractivity contribution is 5.23. The maximum absolute atomic E-state index is 6.04. The lowest BCUT2D eigenvalue weighted by atomic mass is 10.1. The first-order valence-corrected chi connectivity index (χ1v) is 5.02. The summed E-state index contributed by atoms with van der Waals surface area (Å²) in [5.74, 6) is 1.27. The number of nitrogens with two attached hydrogens (primary N) is 1. The van der Waals surface area contributed by atoms with E-state index >= 15 is 0 Å². The minimum Gasteiger partial charge on any atom is -0.377 e. The molecule has 0 bridgehead atoms. The van der Waals surface area contributed by atoms with Gasteiger partial charge in [0.25, 0.3) is 0 Å². The number of methoxy groups -OCH3 is 1. The number of aromatic nitrogens is 3. The van der Waals surface area contributed by atoms with E-state index in [0.29, 0.717) is 18.3 Å². The molecular formula is C11H14N4O. The van der Waals surface area contributed by atoms with Crippen molar-refractivity contribution < 1.29 is 4.74 Å². The number of hydrogen-bond donors (Lipinski definition) is 2. The second-order valence-electron chi connectivity index (χ2n) is 3.46. The van der Waals surface area contributed by atoms with Crippen molar-refractivity contribution in [1.82, 2.24) is 15.2 Å². The van der Waals surface area contributed by atoms with E-state index in [0.717, 1.165) is 5.56 Å². The van der Waals surface area contributed by atoms with Gasteiger partial charge in [0.1, 0.15) is 6.61 Å². The molecule has 1 aromatic heterocycles. The number of aromatic amines is 1. The van der Waals surface area contributed by atoms with Crippen LogP contribution in [0.4, 0.5) is 0 Å². The average Bonchev–Trinajstić information content (AvgIpc) is 2.78. The summed E-state index contributed by atoms with van der Waals surface area (Å²) in [7, 11) is 1.61. The molecule has 2 aromatic rings. The summed E-state index contributed by atoms with van der Waals surface area (Å²) >= 11 is 0. The number of ether oxygens (including phenoxy) is 1. The summed E-state index contributed by atoms with van der Waals surface area (Å²) in [4.78, 5) is 4.26. The summed E-state index contributed by atoms with van der Waals surface area (Å²) in [6.45, 7) is 0.411. The third-order valence-electron chi connectivity index (χ3n) is 2.27. The van der Waals surface area contributed by atoms with Crippen LogP contribution in [0.5, 0.6) is 0 Å². The molecule has 0 unspecified atom stereocenters. The van der Waals surface area contributed by atoms with Crippen LogP contribution in [0.1, 0.15) is 23.3 Å². The number of nitrogens with one attached hydrogen (secondary N) is 1. The van der Waals surface area contributed by atoms with Gasteiger partial charge >= 0.3 is 0 Å². The van der Waals surface area contributed by atoms with Crippen molar-refractivity contribution in [3.63, 3.8) is 0 Å². The second kappa shape index (κ2) is 4.87. The van der Waals surface area contributed by atoms with Gasteiger partial charge < -0.3 is 10.5 Å². The molecule has 0 amide bonds. The Hall–Kier alpha value is -1.72.